The standard InChI is InChI=1S/C12H14N2O2/c1-8(2)7-14-11-4-3-9(12(15)16)5-10(11)6-13-14/h3-6,8H,7H2,1-2H3,(H,15,16). The summed E-state index contributed by atoms with van der Waals surface area (Å²) in [7, 11) is 0. The van der Waals surface area contributed by atoms with Gasteiger partial charge in [0.15, 0.2) is 0 Å². The van der Waals surface area contributed by atoms with Gasteiger partial charge in [-0.15, -0.1) is 0 Å². The summed E-state index contributed by atoms with van der Waals surface area (Å²) in [5.41, 5.74) is 1.29. The van der Waals surface area contributed by atoms with Crippen molar-refractivity contribution in [3.8, 4) is 0 Å². The smallest absolute Gasteiger partial charge is 0.335 e. The van der Waals surface area contributed by atoms with Crippen molar-refractivity contribution in [1.29, 1.82) is 0 Å². The van der Waals surface area contributed by atoms with Crippen LogP contribution >= 0.6 is 0 Å². The molecule has 4 heteroatoms. The topological polar surface area (TPSA) is 55.1 Å². The van der Waals surface area contributed by atoms with Crippen LogP contribution in [0.15, 0.2) is 24.4 Å². The summed E-state index contributed by atoms with van der Waals surface area (Å²) in [5, 5.41) is 14.0. The fraction of sp³-hybridized carbons (Fsp3) is 0.333. The number of hydrogen-bond acceptors (Lipinski definition) is 2. The monoisotopic (exact) mass is 218 g/mol. The van der Waals surface area contributed by atoms with Gasteiger partial charge in [0.25, 0.3) is 0 Å². The quantitative estimate of drug-likeness (QED) is 0.860. The molecule has 1 aromatic heterocycles. The third-order valence-electron chi connectivity index (χ3n) is 2.43. The fourth-order valence-electron chi connectivity index (χ4n) is 1.71. The van der Waals surface area contributed by atoms with Gasteiger partial charge >= 0.3 is 5.97 Å². The summed E-state index contributed by atoms with van der Waals surface area (Å²) in [6.45, 7) is 5.09. The van der Waals surface area contributed by atoms with Crippen molar-refractivity contribution < 1.29 is 9.90 Å². The Labute approximate surface area is 93.5 Å². The Hall–Kier alpha value is -1.84. The van der Waals surface area contributed by atoms with Crippen LogP contribution in [0, 0.1) is 5.92 Å². The molecule has 0 atom stereocenters. The molecule has 2 aromatic rings. The fourth-order valence-corrected chi connectivity index (χ4v) is 1.71. The lowest BCUT2D eigenvalue weighted by atomic mass is 10.1. The van der Waals surface area contributed by atoms with E-state index in [9.17, 15) is 4.79 Å². The van der Waals surface area contributed by atoms with E-state index >= 15 is 0 Å². The molecule has 0 saturated carbocycles. The molecule has 0 aliphatic rings. The first-order valence-electron chi connectivity index (χ1n) is 5.27. The molecule has 0 bridgehead atoms. The average molecular weight is 218 g/mol. The second kappa shape index (κ2) is 3.96. The highest BCUT2D eigenvalue weighted by Gasteiger charge is 2.08. The number of nitrogens with zero attached hydrogens (tertiary/aromatic N) is 2. The van der Waals surface area contributed by atoms with E-state index in [0.717, 1.165) is 17.4 Å². The van der Waals surface area contributed by atoms with E-state index in [1.54, 1.807) is 18.3 Å². The molecule has 0 spiro atoms. The largest absolute Gasteiger partial charge is 0.478 e. The van der Waals surface area contributed by atoms with Crippen LogP contribution in [0.4, 0.5) is 0 Å². The highest BCUT2D eigenvalue weighted by Crippen LogP contribution is 2.16. The van der Waals surface area contributed by atoms with Gasteiger partial charge < -0.3 is 5.11 Å². The van der Waals surface area contributed by atoms with Crippen LogP contribution in [0.1, 0.15) is 24.2 Å². The van der Waals surface area contributed by atoms with E-state index in [1.165, 1.54) is 0 Å². The third-order valence-corrected chi connectivity index (χ3v) is 2.43. The normalized spacial score (nSPS) is 11.2. The molecule has 16 heavy (non-hydrogen) atoms. The number of aromatic carboxylic acids is 1. The van der Waals surface area contributed by atoms with Crippen LogP contribution in [0.3, 0.4) is 0 Å². The molecule has 1 N–H and O–H groups in total. The summed E-state index contributed by atoms with van der Waals surface area (Å²) in [6.07, 6.45) is 1.71. The van der Waals surface area contributed by atoms with Crippen molar-refractivity contribution >= 4 is 16.9 Å². The molecule has 0 amide bonds. The van der Waals surface area contributed by atoms with Crippen molar-refractivity contribution in [3.63, 3.8) is 0 Å². The third kappa shape index (κ3) is 1.91. The summed E-state index contributed by atoms with van der Waals surface area (Å²) in [6, 6.07) is 5.08. The van der Waals surface area contributed by atoms with Crippen LogP contribution in [0.2, 0.25) is 0 Å². The molecule has 2 rings (SSSR count). The van der Waals surface area contributed by atoms with E-state index in [4.69, 9.17) is 5.11 Å². The van der Waals surface area contributed by atoms with Crippen molar-refractivity contribution in [2.45, 2.75) is 20.4 Å². The van der Waals surface area contributed by atoms with E-state index < -0.39 is 5.97 Å². The Kier molecular flexibility index (Phi) is 2.64. The van der Waals surface area contributed by atoms with Gasteiger partial charge in [-0.2, -0.15) is 5.10 Å². The first kappa shape index (κ1) is 10.7. The lowest BCUT2D eigenvalue weighted by Gasteiger charge is -2.06. The van der Waals surface area contributed by atoms with Crippen LogP contribution in [-0.2, 0) is 6.54 Å². The van der Waals surface area contributed by atoms with Crippen LogP contribution < -0.4 is 0 Å². The minimum Gasteiger partial charge on any atom is -0.478 e. The summed E-state index contributed by atoms with van der Waals surface area (Å²) in [5.74, 6) is -0.388. The highest BCUT2D eigenvalue weighted by molar-refractivity contribution is 5.93. The van der Waals surface area contributed by atoms with Crippen molar-refractivity contribution in [3.05, 3.63) is 30.0 Å². The van der Waals surface area contributed by atoms with Gasteiger partial charge in [-0.05, 0) is 24.1 Å². The number of carboxylic acid groups (broad SMARTS) is 1. The Balaban J connectivity index is 2.46. The predicted octanol–water partition coefficient (Wildman–Crippen LogP) is 2.39. The molecule has 84 valence electrons. The van der Waals surface area contributed by atoms with Crippen molar-refractivity contribution in [2.75, 3.05) is 0 Å². The van der Waals surface area contributed by atoms with Crippen LogP contribution in [0.25, 0.3) is 10.9 Å². The van der Waals surface area contributed by atoms with Gasteiger partial charge in [0, 0.05) is 11.9 Å². The minimum absolute atomic E-state index is 0.302. The molecule has 1 aromatic carbocycles. The van der Waals surface area contributed by atoms with Crippen molar-refractivity contribution in [1.82, 2.24) is 9.78 Å². The number of benzene rings is 1. The van der Waals surface area contributed by atoms with E-state index in [1.807, 2.05) is 10.7 Å². The molecular formula is C12H14N2O2. The molecule has 4 nitrogen and oxygen atoms in total. The zero-order valence-corrected chi connectivity index (χ0v) is 9.34. The van der Waals surface area contributed by atoms with E-state index in [2.05, 4.69) is 18.9 Å². The minimum atomic E-state index is -0.904. The zero-order chi connectivity index (χ0) is 11.7. The number of carbonyl (C=O) groups is 1. The number of rotatable bonds is 3. The maximum atomic E-state index is 10.8. The van der Waals surface area contributed by atoms with E-state index in [0.29, 0.717) is 11.5 Å². The summed E-state index contributed by atoms with van der Waals surface area (Å²) in [4.78, 5) is 10.8. The van der Waals surface area contributed by atoms with Crippen LogP contribution in [-0.4, -0.2) is 20.9 Å². The number of aromatic nitrogens is 2. The predicted molar refractivity (Wildman–Crippen MR) is 61.5 cm³/mol. The highest BCUT2D eigenvalue weighted by atomic mass is 16.4. The van der Waals surface area contributed by atoms with Gasteiger partial charge in [-0.3, -0.25) is 4.68 Å². The first-order chi connectivity index (χ1) is 7.58. The Morgan fingerprint density at radius 3 is 2.88 bits per heavy atom. The summed E-state index contributed by atoms with van der Waals surface area (Å²) < 4.78 is 1.91. The number of carboxylic acids is 1. The second-order valence-corrected chi connectivity index (χ2v) is 4.30. The molecule has 0 aliphatic heterocycles. The molecule has 1 heterocycles. The number of hydrogen-bond donors (Lipinski definition) is 1. The zero-order valence-electron chi connectivity index (χ0n) is 9.34. The lowest BCUT2D eigenvalue weighted by molar-refractivity contribution is 0.0697. The van der Waals surface area contributed by atoms with Gasteiger partial charge in [-0.1, -0.05) is 13.8 Å². The Bertz CT molecular complexity index is 529. The SMILES string of the molecule is CC(C)Cn1ncc2cc(C(=O)O)ccc21. The maximum absolute atomic E-state index is 10.8. The second-order valence-electron chi connectivity index (χ2n) is 4.30. The lowest BCUT2D eigenvalue weighted by Crippen LogP contribution is -2.05. The van der Waals surface area contributed by atoms with Gasteiger partial charge in [-0.25, -0.2) is 4.79 Å². The average Bonchev–Trinajstić information content (AvgIpc) is 2.60. The molecular weight excluding hydrogens is 204 g/mol. The van der Waals surface area contributed by atoms with Crippen LogP contribution in [0.5, 0.6) is 0 Å². The Morgan fingerprint density at radius 1 is 1.50 bits per heavy atom. The molecule has 0 saturated heterocycles. The molecule has 0 fully saturated rings. The maximum Gasteiger partial charge on any atom is 0.335 e. The van der Waals surface area contributed by atoms with E-state index in [-0.39, 0.29) is 0 Å². The number of fused-ring (bicyclic) bond motifs is 1. The first-order valence-corrected chi connectivity index (χ1v) is 5.27. The van der Waals surface area contributed by atoms with Crippen molar-refractivity contribution in [2.24, 2.45) is 5.92 Å². The molecule has 0 unspecified atom stereocenters. The summed E-state index contributed by atoms with van der Waals surface area (Å²) >= 11 is 0. The Morgan fingerprint density at radius 2 is 2.25 bits per heavy atom. The molecule has 0 aliphatic carbocycles. The van der Waals surface area contributed by atoms with Gasteiger partial charge in [0.1, 0.15) is 0 Å². The van der Waals surface area contributed by atoms with Gasteiger partial charge in [0.2, 0.25) is 0 Å². The molecule has 0 radical (unpaired) electrons. The van der Waals surface area contributed by atoms with Gasteiger partial charge in [0.05, 0.1) is 17.3 Å².